The topological polar surface area (TPSA) is 55.4 Å². The molecule has 6 unspecified atom stereocenters. The van der Waals surface area contributed by atoms with Gasteiger partial charge in [-0.25, -0.2) is 4.79 Å². The summed E-state index contributed by atoms with van der Waals surface area (Å²) >= 11 is 0. The summed E-state index contributed by atoms with van der Waals surface area (Å²) in [6.45, 7) is 14.8. The first-order valence-corrected chi connectivity index (χ1v) is 13.1. The number of ether oxygens (including phenoxy) is 1. The van der Waals surface area contributed by atoms with Crippen LogP contribution in [0.5, 0.6) is 0 Å². The van der Waals surface area contributed by atoms with Crippen molar-refractivity contribution in [2.45, 2.75) is 98.6 Å². The molecule has 0 heterocycles. The summed E-state index contributed by atoms with van der Waals surface area (Å²) in [7, 11) is 4.06. The third-order valence-corrected chi connectivity index (χ3v) is 9.87. The third-order valence-electron chi connectivity index (χ3n) is 9.87. The maximum atomic E-state index is 12.8. The average molecular weight is 450 g/mol. The summed E-state index contributed by atoms with van der Waals surface area (Å²) in [5, 5.41) is 3.36. The first-order valence-electron chi connectivity index (χ1n) is 13.1. The van der Waals surface area contributed by atoms with Gasteiger partial charge in [-0.15, -0.1) is 0 Å². The molecule has 1 amide bonds. The van der Waals surface area contributed by atoms with Gasteiger partial charge in [0.25, 0.3) is 0 Å². The van der Waals surface area contributed by atoms with Crippen LogP contribution in [0.25, 0.3) is 0 Å². The molecule has 0 aliphatic heterocycles. The Morgan fingerprint density at radius 1 is 1.09 bits per heavy atom. The van der Waals surface area contributed by atoms with E-state index in [-0.39, 0.29) is 29.4 Å². The monoisotopic (exact) mass is 449 g/mol. The zero-order valence-corrected chi connectivity index (χ0v) is 22.0. The van der Waals surface area contributed by atoms with E-state index >= 15 is 0 Å². The van der Waals surface area contributed by atoms with Gasteiger partial charge in [-0.3, -0.25) is 4.79 Å². The molecule has 0 aromatic heterocycles. The standard InChI is InChI=1S/C27H48N2O3/c1-18(2)21-10-9-19(3)15-22(21)32-25(31)17-29(7,8)14-12-24(30)28-23-16-20-11-13-27(23,6)26(20,4)5/h18-23H,9-17H2,1-8H3/p+1. The Morgan fingerprint density at radius 2 is 1.78 bits per heavy atom. The quantitative estimate of drug-likeness (QED) is 0.428. The van der Waals surface area contributed by atoms with Crippen molar-refractivity contribution in [2.24, 2.45) is 34.5 Å². The number of esters is 1. The SMILES string of the molecule is CC1CCC(C(C)C)C(OC(=O)C[N+](C)(C)CCC(=O)NC2CC3CCC2(C)C3(C)C)C1. The van der Waals surface area contributed by atoms with Crippen LogP contribution in [-0.2, 0) is 14.3 Å². The van der Waals surface area contributed by atoms with Gasteiger partial charge in [-0.2, -0.15) is 0 Å². The van der Waals surface area contributed by atoms with E-state index in [0.29, 0.717) is 47.2 Å². The highest BCUT2D eigenvalue weighted by molar-refractivity contribution is 5.76. The van der Waals surface area contributed by atoms with Crippen molar-refractivity contribution >= 4 is 11.9 Å². The van der Waals surface area contributed by atoms with Crippen LogP contribution in [0, 0.1) is 34.5 Å². The van der Waals surface area contributed by atoms with Gasteiger partial charge in [-0.05, 0) is 66.6 Å². The fourth-order valence-electron chi connectivity index (χ4n) is 6.98. The number of fused-ring (bicyclic) bond motifs is 2. The zero-order chi connectivity index (χ0) is 23.9. The molecule has 184 valence electrons. The van der Waals surface area contributed by atoms with Crippen LogP contribution in [0.4, 0.5) is 0 Å². The van der Waals surface area contributed by atoms with Crippen molar-refractivity contribution in [1.82, 2.24) is 5.32 Å². The van der Waals surface area contributed by atoms with Crippen LogP contribution in [0.15, 0.2) is 0 Å². The van der Waals surface area contributed by atoms with Crippen molar-refractivity contribution in [2.75, 3.05) is 27.2 Å². The first-order chi connectivity index (χ1) is 14.7. The largest absolute Gasteiger partial charge is 0.458 e. The Hall–Kier alpha value is -1.10. The van der Waals surface area contributed by atoms with E-state index in [9.17, 15) is 9.59 Å². The lowest BCUT2D eigenvalue weighted by atomic mass is 9.69. The summed E-state index contributed by atoms with van der Waals surface area (Å²) < 4.78 is 6.48. The van der Waals surface area contributed by atoms with Crippen LogP contribution < -0.4 is 5.32 Å². The molecule has 0 radical (unpaired) electrons. The summed E-state index contributed by atoms with van der Waals surface area (Å²) in [6.07, 6.45) is 7.44. The van der Waals surface area contributed by atoms with E-state index in [4.69, 9.17) is 4.74 Å². The van der Waals surface area contributed by atoms with E-state index < -0.39 is 0 Å². The van der Waals surface area contributed by atoms with Crippen LogP contribution in [0.3, 0.4) is 0 Å². The molecular weight excluding hydrogens is 400 g/mol. The van der Waals surface area contributed by atoms with Crippen LogP contribution in [0.2, 0.25) is 0 Å². The lowest BCUT2D eigenvalue weighted by Gasteiger charge is -2.39. The van der Waals surface area contributed by atoms with E-state index in [1.807, 2.05) is 14.1 Å². The number of hydrogen-bond acceptors (Lipinski definition) is 3. The lowest BCUT2D eigenvalue weighted by Crippen LogP contribution is -2.50. The van der Waals surface area contributed by atoms with Gasteiger partial charge in [0, 0.05) is 6.04 Å². The Balaban J connectivity index is 1.46. The summed E-state index contributed by atoms with van der Waals surface area (Å²) in [5.74, 6) is 2.33. The predicted molar refractivity (Wildman–Crippen MR) is 129 cm³/mol. The molecule has 0 spiro atoms. The molecule has 1 N–H and O–H groups in total. The number of nitrogens with one attached hydrogen (secondary N) is 1. The molecule has 6 atom stereocenters. The van der Waals surface area contributed by atoms with Gasteiger partial charge in [0.15, 0.2) is 6.54 Å². The van der Waals surface area contributed by atoms with Gasteiger partial charge in [-0.1, -0.05) is 48.0 Å². The van der Waals surface area contributed by atoms with Crippen molar-refractivity contribution in [3.63, 3.8) is 0 Å². The summed E-state index contributed by atoms with van der Waals surface area (Å²) in [5.41, 5.74) is 0.500. The van der Waals surface area contributed by atoms with Crippen molar-refractivity contribution < 1.29 is 18.8 Å². The van der Waals surface area contributed by atoms with Crippen LogP contribution in [0.1, 0.15) is 86.5 Å². The van der Waals surface area contributed by atoms with Gasteiger partial charge in [0.05, 0.1) is 27.1 Å². The fraction of sp³-hybridized carbons (Fsp3) is 0.926. The van der Waals surface area contributed by atoms with Gasteiger partial charge < -0.3 is 14.5 Å². The van der Waals surface area contributed by atoms with E-state index in [0.717, 1.165) is 25.2 Å². The molecule has 3 saturated carbocycles. The molecule has 0 aromatic carbocycles. The van der Waals surface area contributed by atoms with E-state index in [2.05, 4.69) is 46.9 Å². The molecular formula is C27H49N2O3+. The number of quaternary nitrogens is 1. The summed E-state index contributed by atoms with van der Waals surface area (Å²) in [6, 6.07) is 0.283. The second-order valence-electron chi connectivity index (χ2n) is 13.2. The maximum absolute atomic E-state index is 12.8. The number of nitrogens with zero attached hydrogens (tertiary/aromatic N) is 1. The molecule has 3 aliphatic rings. The predicted octanol–water partition coefficient (Wildman–Crippen LogP) is 4.79. The highest BCUT2D eigenvalue weighted by atomic mass is 16.5. The Bertz CT molecular complexity index is 701. The van der Waals surface area contributed by atoms with Crippen LogP contribution in [-0.4, -0.2) is 55.7 Å². The molecule has 3 fully saturated rings. The van der Waals surface area contributed by atoms with Crippen molar-refractivity contribution in [3.05, 3.63) is 0 Å². The highest BCUT2D eigenvalue weighted by Crippen LogP contribution is 2.65. The third kappa shape index (κ3) is 5.18. The second-order valence-corrected chi connectivity index (χ2v) is 13.2. The van der Waals surface area contributed by atoms with Gasteiger partial charge in [0.2, 0.25) is 5.91 Å². The van der Waals surface area contributed by atoms with Crippen molar-refractivity contribution in [3.8, 4) is 0 Å². The Labute approximate surface area is 196 Å². The van der Waals surface area contributed by atoms with Crippen LogP contribution >= 0.6 is 0 Å². The Morgan fingerprint density at radius 3 is 2.34 bits per heavy atom. The first kappa shape index (κ1) is 25.5. The van der Waals surface area contributed by atoms with Crippen molar-refractivity contribution in [1.29, 1.82) is 0 Å². The zero-order valence-electron chi connectivity index (χ0n) is 22.0. The van der Waals surface area contributed by atoms with Gasteiger partial charge >= 0.3 is 5.97 Å². The molecule has 2 bridgehead atoms. The smallest absolute Gasteiger partial charge is 0.362 e. The average Bonchev–Trinajstić information content (AvgIpc) is 2.99. The minimum atomic E-state index is -0.123. The molecule has 3 aliphatic carbocycles. The molecule has 0 aromatic rings. The number of rotatable bonds is 8. The number of carbonyl (C=O) groups is 2. The Kier molecular flexibility index (Phi) is 7.39. The minimum absolute atomic E-state index is 0.0384. The number of amides is 1. The fourth-order valence-corrected chi connectivity index (χ4v) is 6.98. The normalized spacial score (nSPS) is 36.3. The summed E-state index contributed by atoms with van der Waals surface area (Å²) in [4.78, 5) is 25.6. The molecule has 32 heavy (non-hydrogen) atoms. The molecule has 3 rings (SSSR count). The minimum Gasteiger partial charge on any atom is -0.458 e. The lowest BCUT2D eigenvalue weighted by molar-refractivity contribution is -0.882. The second kappa shape index (κ2) is 9.27. The number of likely N-dealkylation sites (N-methyl/N-ethyl adjacent to an activating group) is 1. The van der Waals surface area contributed by atoms with E-state index in [1.165, 1.54) is 19.3 Å². The number of hydrogen-bond donors (Lipinski definition) is 1. The maximum Gasteiger partial charge on any atom is 0.362 e. The highest BCUT2D eigenvalue weighted by Gasteiger charge is 2.61. The number of carbonyl (C=O) groups excluding carboxylic acids is 2. The molecule has 5 nitrogen and oxygen atoms in total. The van der Waals surface area contributed by atoms with Gasteiger partial charge in [0.1, 0.15) is 6.10 Å². The molecule has 0 saturated heterocycles. The molecule has 5 heteroatoms. The van der Waals surface area contributed by atoms with E-state index in [1.54, 1.807) is 0 Å².